The van der Waals surface area contributed by atoms with E-state index in [1.165, 1.54) is 0 Å². The van der Waals surface area contributed by atoms with Crippen molar-refractivity contribution in [2.75, 3.05) is 16.4 Å². The van der Waals surface area contributed by atoms with Crippen molar-refractivity contribution in [2.45, 2.75) is 27.7 Å². The van der Waals surface area contributed by atoms with Gasteiger partial charge in [0.2, 0.25) is 22.5 Å². The smallest absolute Gasteiger partial charge is 0.230 e. The fraction of sp³-hybridized carbons (Fsp3) is 0.125. The lowest BCUT2D eigenvalue weighted by Gasteiger charge is -2.13. The molecule has 0 aliphatic rings. The third-order valence-electron chi connectivity index (χ3n) is 7.46. The lowest BCUT2D eigenvalue weighted by atomic mass is 9.99. The molecule has 50 heavy (non-hydrogen) atoms. The second-order valence-corrected chi connectivity index (χ2v) is 11.8. The molecule has 0 aliphatic carbocycles. The predicted octanol–water partition coefficient (Wildman–Crippen LogP) is 6.94. The maximum absolute atomic E-state index is 11.5. The van der Waals surface area contributed by atoms with Crippen LogP contribution in [-0.4, -0.2) is 50.7 Å². The number of nitrogens with one attached hydrogen (secondary N) is 2. The Morgan fingerprint density at radius 1 is 0.620 bits per heavy atom. The molecule has 18 heteroatoms. The summed E-state index contributed by atoms with van der Waals surface area (Å²) in [6.07, 6.45) is 0. The molecule has 14 nitrogen and oxygen atoms in total. The molecular formula is C32H25B2Cl2N13O. The molecule has 6 aromatic rings. The average molecular weight is 700 g/mol. The molecule has 0 unspecified atom stereocenters. The number of phenolic OH excluding ortho intramolecular Hbond substituents is 1. The lowest BCUT2D eigenvalue weighted by Crippen LogP contribution is -2.16. The van der Waals surface area contributed by atoms with Gasteiger partial charge in [-0.05, 0) is 115 Å². The SMILES string of the molecule is [B]c1nc(Cl)nc(Nc2ccc(C)c(N=Nc3c(C)cc4cc(C)c(N=Nc5cc(Nc6nc([B])nc(Cl)n6)ccc5C)c(O)c4c3N)c2)n1. The first-order valence-corrected chi connectivity index (χ1v) is 15.6. The third-order valence-corrected chi connectivity index (χ3v) is 7.80. The van der Waals surface area contributed by atoms with Crippen LogP contribution in [0.2, 0.25) is 10.6 Å². The van der Waals surface area contributed by atoms with E-state index in [0.717, 1.165) is 16.7 Å². The Balaban J connectivity index is 1.32. The van der Waals surface area contributed by atoms with Gasteiger partial charge in [0.05, 0.1) is 33.9 Å². The highest BCUT2D eigenvalue weighted by Gasteiger charge is 2.18. The molecule has 4 radical (unpaired) electrons. The average Bonchev–Trinajstić information content (AvgIpc) is 3.02. The molecule has 0 atom stereocenters. The van der Waals surface area contributed by atoms with Crippen molar-refractivity contribution < 1.29 is 5.11 Å². The fourth-order valence-electron chi connectivity index (χ4n) is 5.00. The highest BCUT2D eigenvalue weighted by atomic mass is 35.5. The van der Waals surface area contributed by atoms with Crippen LogP contribution in [0.25, 0.3) is 10.8 Å². The Bertz CT molecular complexity index is 2170. The molecule has 2 aromatic heterocycles. The van der Waals surface area contributed by atoms with Crippen molar-refractivity contribution >= 4 is 113 Å². The maximum atomic E-state index is 11.5. The number of hydrogen-bond donors (Lipinski definition) is 4. The number of fused-ring (bicyclic) bond motifs is 1. The summed E-state index contributed by atoms with van der Waals surface area (Å²) in [5.41, 5.74) is 12.9. The van der Waals surface area contributed by atoms with Crippen molar-refractivity contribution in [1.82, 2.24) is 29.9 Å². The monoisotopic (exact) mass is 699 g/mol. The molecular weight excluding hydrogens is 675 g/mol. The highest BCUT2D eigenvalue weighted by Crippen LogP contribution is 2.46. The van der Waals surface area contributed by atoms with Gasteiger partial charge in [-0.25, -0.2) is 19.9 Å². The topological polar surface area (TPSA) is 197 Å². The number of hydrogen-bond acceptors (Lipinski definition) is 14. The molecule has 0 bridgehead atoms. The minimum atomic E-state index is -0.141. The first-order chi connectivity index (χ1) is 23.8. The lowest BCUT2D eigenvalue weighted by molar-refractivity contribution is 0.482. The summed E-state index contributed by atoms with van der Waals surface area (Å²) in [5, 5.41) is 36.5. The van der Waals surface area contributed by atoms with Gasteiger partial charge in [-0.3, -0.25) is 0 Å². The van der Waals surface area contributed by atoms with Crippen molar-refractivity contribution in [2.24, 2.45) is 20.5 Å². The maximum Gasteiger partial charge on any atom is 0.230 e. The van der Waals surface area contributed by atoms with Crippen LogP contribution in [0.15, 0.2) is 69.0 Å². The minimum Gasteiger partial charge on any atom is -0.505 e. The van der Waals surface area contributed by atoms with Crippen LogP contribution < -0.4 is 27.8 Å². The molecule has 5 N–H and O–H groups in total. The Morgan fingerprint density at radius 2 is 1.08 bits per heavy atom. The van der Waals surface area contributed by atoms with Gasteiger partial charge in [0.15, 0.2) is 21.4 Å². The van der Waals surface area contributed by atoms with Gasteiger partial charge in [-0.1, -0.05) is 12.1 Å². The minimum absolute atomic E-state index is 0.0172. The van der Waals surface area contributed by atoms with Gasteiger partial charge in [0.1, 0.15) is 11.4 Å². The number of phenols is 1. The number of nitrogen functional groups attached to an aromatic ring is 1. The second kappa shape index (κ2) is 14.0. The summed E-state index contributed by atoms with van der Waals surface area (Å²) in [5.74, 6) is 0.210. The summed E-state index contributed by atoms with van der Waals surface area (Å²) in [6, 6.07) is 14.6. The summed E-state index contributed by atoms with van der Waals surface area (Å²) >= 11 is 11.8. The molecule has 0 saturated carbocycles. The largest absolute Gasteiger partial charge is 0.505 e. The van der Waals surface area contributed by atoms with Gasteiger partial charge in [-0.15, -0.1) is 10.2 Å². The summed E-state index contributed by atoms with van der Waals surface area (Å²) in [7, 11) is 11.4. The Morgan fingerprint density at radius 3 is 1.56 bits per heavy atom. The van der Waals surface area contributed by atoms with Gasteiger partial charge in [0.25, 0.3) is 0 Å². The van der Waals surface area contributed by atoms with Crippen molar-refractivity contribution in [3.63, 3.8) is 0 Å². The Kier molecular flexibility index (Phi) is 9.57. The number of halogens is 2. The zero-order chi connectivity index (χ0) is 35.7. The number of azo groups is 2. The van der Waals surface area contributed by atoms with Gasteiger partial charge < -0.3 is 21.5 Å². The second-order valence-electron chi connectivity index (χ2n) is 11.2. The van der Waals surface area contributed by atoms with E-state index in [1.807, 2.05) is 64.1 Å². The Hall–Kier alpha value is -5.73. The normalized spacial score (nSPS) is 11.6. The summed E-state index contributed by atoms with van der Waals surface area (Å²) < 4.78 is 0. The number of aryl methyl sites for hydroxylation is 4. The molecule has 6 rings (SSSR count). The number of nitrogens with zero attached hydrogens (tertiary/aromatic N) is 10. The number of rotatable bonds is 8. The molecule has 0 fully saturated rings. The van der Waals surface area contributed by atoms with Crippen LogP contribution in [0.4, 0.5) is 51.7 Å². The predicted molar refractivity (Wildman–Crippen MR) is 197 cm³/mol. The summed E-state index contributed by atoms with van der Waals surface area (Å²) in [4.78, 5) is 23.7. The fourth-order valence-corrected chi connectivity index (χ4v) is 5.34. The van der Waals surface area contributed by atoms with Crippen LogP contribution >= 0.6 is 23.2 Å². The summed E-state index contributed by atoms with van der Waals surface area (Å²) in [6.45, 7) is 7.47. The zero-order valence-electron chi connectivity index (χ0n) is 27.0. The van der Waals surface area contributed by atoms with E-state index in [9.17, 15) is 5.11 Å². The molecule has 0 amide bonds. The molecule has 244 valence electrons. The van der Waals surface area contributed by atoms with Gasteiger partial charge in [-0.2, -0.15) is 20.2 Å². The standard InChI is InChI=1S/C32H25B2Cl2N13O/c1-13-5-7-18(38-31-42-27(33)40-29(35)44-31)11-20(13)46-48-24-15(3)9-17-10-16(4)25(26(50)22(17)23(24)37)49-47-21-12-19(8-6-14(21)2)39-32-43-28(34)41-30(36)45-32/h5-12,50H,37H2,1-4H3,(H,38,40,42,44)(H,39,41,43,45). The van der Waals surface area contributed by atoms with E-state index in [1.54, 1.807) is 12.1 Å². The quantitative estimate of drug-likeness (QED) is 0.0733. The van der Waals surface area contributed by atoms with Crippen molar-refractivity contribution in [3.05, 3.63) is 81.4 Å². The van der Waals surface area contributed by atoms with E-state index in [0.29, 0.717) is 44.8 Å². The molecule has 0 aliphatic heterocycles. The zero-order valence-corrected chi connectivity index (χ0v) is 28.5. The van der Waals surface area contributed by atoms with E-state index < -0.39 is 0 Å². The van der Waals surface area contributed by atoms with Crippen LogP contribution in [0.5, 0.6) is 5.75 Å². The van der Waals surface area contributed by atoms with Gasteiger partial charge >= 0.3 is 0 Å². The number of benzene rings is 4. The van der Waals surface area contributed by atoms with E-state index >= 15 is 0 Å². The van der Waals surface area contributed by atoms with Crippen LogP contribution in [0.1, 0.15) is 22.3 Å². The first kappa shape index (κ1) is 34.1. The number of aromatic nitrogens is 6. The van der Waals surface area contributed by atoms with Crippen LogP contribution in [-0.2, 0) is 0 Å². The molecule has 0 saturated heterocycles. The highest BCUT2D eigenvalue weighted by molar-refractivity contribution is 6.32. The van der Waals surface area contributed by atoms with Crippen molar-refractivity contribution in [3.8, 4) is 5.75 Å². The number of nitrogens with two attached hydrogens (primary N) is 1. The van der Waals surface area contributed by atoms with Crippen molar-refractivity contribution in [1.29, 1.82) is 0 Å². The Labute approximate surface area is 298 Å². The van der Waals surface area contributed by atoms with Crippen LogP contribution in [0, 0.1) is 27.7 Å². The molecule has 0 spiro atoms. The van der Waals surface area contributed by atoms with E-state index in [-0.39, 0.29) is 51.0 Å². The van der Waals surface area contributed by atoms with E-state index in [4.69, 9.17) is 44.6 Å². The number of aromatic hydroxyl groups is 1. The molecule has 4 aromatic carbocycles. The number of anilines is 5. The van der Waals surface area contributed by atoms with Gasteiger partial charge in [0, 0.05) is 11.4 Å². The first-order valence-electron chi connectivity index (χ1n) is 14.8. The van der Waals surface area contributed by atoms with E-state index in [2.05, 4.69) is 61.0 Å². The van der Waals surface area contributed by atoms with Crippen LogP contribution in [0.3, 0.4) is 0 Å². The molecule has 2 heterocycles. The third kappa shape index (κ3) is 7.46.